The fourth-order valence-corrected chi connectivity index (χ4v) is 3.97. The Morgan fingerprint density at radius 2 is 1.68 bits per heavy atom. The molecule has 0 aliphatic carbocycles. The van der Waals surface area contributed by atoms with Crippen molar-refractivity contribution < 1.29 is 29.3 Å². The van der Waals surface area contributed by atoms with Gasteiger partial charge in [-0.05, 0) is 49.7 Å². The molecule has 1 amide bonds. The van der Waals surface area contributed by atoms with E-state index in [1.54, 1.807) is 61.5 Å². The molecule has 0 spiro atoms. The molecule has 3 aromatic rings. The number of hydrogen-bond donors (Lipinski definition) is 2. The Morgan fingerprint density at radius 3 is 2.35 bits per heavy atom. The summed E-state index contributed by atoms with van der Waals surface area (Å²) in [6, 6.07) is 18.2. The molecule has 1 fully saturated rings. The summed E-state index contributed by atoms with van der Waals surface area (Å²) in [7, 11) is 0. The Hall–Kier alpha value is -4.39. The van der Waals surface area contributed by atoms with E-state index in [1.807, 2.05) is 6.92 Å². The molecule has 3 aromatic carbocycles. The number of amides is 1. The van der Waals surface area contributed by atoms with Gasteiger partial charge in [-0.3, -0.25) is 14.5 Å². The first-order chi connectivity index (χ1) is 16.3. The maximum absolute atomic E-state index is 13.2. The van der Waals surface area contributed by atoms with Gasteiger partial charge in [0, 0.05) is 11.3 Å². The minimum absolute atomic E-state index is 0.0568. The van der Waals surface area contributed by atoms with Crippen LogP contribution in [-0.2, 0) is 14.3 Å². The molecule has 7 nitrogen and oxygen atoms in total. The molecule has 4 rings (SSSR count). The van der Waals surface area contributed by atoms with Gasteiger partial charge in [0.2, 0.25) is 0 Å². The molecule has 1 heterocycles. The number of rotatable bonds is 5. The number of phenolic OH excluding ortho intramolecular Hbond substituents is 1. The Kier molecular flexibility index (Phi) is 6.19. The van der Waals surface area contributed by atoms with Crippen molar-refractivity contribution in [2.24, 2.45) is 0 Å². The van der Waals surface area contributed by atoms with Gasteiger partial charge in [-0.2, -0.15) is 0 Å². The Labute approximate surface area is 196 Å². The molecular formula is C27H23NO6. The second kappa shape index (κ2) is 9.23. The molecule has 1 aliphatic heterocycles. The van der Waals surface area contributed by atoms with Gasteiger partial charge in [0.05, 0.1) is 23.8 Å². The van der Waals surface area contributed by atoms with Crippen LogP contribution in [0.1, 0.15) is 40.0 Å². The van der Waals surface area contributed by atoms with Crippen LogP contribution in [0.4, 0.5) is 5.69 Å². The van der Waals surface area contributed by atoms with Crippen LogP contribution < -0.4 is 4.90 Å². The van der Waals surface area contributed by atoms with Crippen molar-refractivity contribution in [1.82, 2.24) is 0 Å². The maximum Gasteiger partial charge on any atom is 0.338 e. The minimum atomic E-state index is -1.02. The predicted octanol–water partition coefficient (Wildman–Crippen LogP) is 4.50. The quantitative estimate of drug-likeness (QED) is 0.253. The Bertz CT molecular complexity index is 1310. The van der Waals surface area contributed by atoms with Gasteiger partial charge in [0.15, 0.2) is 0 Å². The van der Waals surface area contributed by atoms with Crippen molar-refractivity contribution in [1.29, 1.82) is 0 Å². The SMILES string of the molecule is CCOC(=O)c1cccc(N2C(=O)C(=O)/C(=C(/O)c3ccc(C)cc3)C2c2cccc(O)c2)c1. The maximum atomic E-state index is 13.2. The van der Waals surface area contributed by atoms with E-state index in [4.69, 9.17) is 4.74 Å². The van der Waals surface area contributed by atoms with Gasteiger partial charge < -0.3 is 14.9 Å². The highest BCUT2D eigenvalue weighted by molar-refractivity contribution is 6.51. The molecule has 172 valence electrons. The van der Waals surface area contributed by atoms with E-state index in [9.17, 15) is 24.6 Å². The van der Waals surface area contributed by atoms with Gasteiger partial charge in [0.1, 0.15) is 11.5 Å². The zero-order chi connectivity index (χ0) is 24.4. The largest absolute Gasteiger partial charge is 0.508 e. The second-order valence-electron chi connectivity index (χ2n) is 7.90. The third-order valence-corrected chi connectivity index (χ3v) is 5.59. The van der Waals surface area contributed by atoms with Gasteiger partial charge in [-0.15, -0.1) is 0 Å². The van der Waals surface area contributed by atoms with Crippen molar-refractivity contribution in [3.63, 3.8) is 0 Å². The van der Waals surface area contributed by atoms with Gasteiger partial charge in [0.25, 0.3) is 11.7 Å². The predicted molar refractivity (Wildman–Crippen MR) is 126 cm³/mol. The van der Waals surface area contributed by atoms with Crippen molar-refractivity contribution in [3.05, 3.63) is 101 Å². The summed E-state index contributed by atoms with van der Waals surface area (Å²) in [5, 5.41) is 21.2. The van der Waals surface area contributed by atoms with Crippen LogP contribution in [0.5, 0.6) is 5.75 Å². The molecule has 0 radical (unpaired) electrons. The zero-order valence-electron chi connectivity index (χ0n) is 18.7. The highest BCUT2D eigenvalue weighted by atomic mass is 16.5. The first-order valence-corrected chi connectivity index (χ1v) is 10.8. The summed E-state index contributed by atoms with van der Waals surface area (Å²) in [4.78, 5) is 39.9. The lowest BCUT2D eigenvalue weighted by molar-refractivity contribution is -0.132. The van der Waals surface area contributed by atoms with Crippen LogP contribution in [0.2, 0.25) is 0 Å². The Morgan fingerprint density at radius 1 is 0.971 bits per heavy atom. The molecule has 1 aliphatic rings. The lowest BCUT2D eigenvalue weighted by Crippen LogP contribution is -2.29. The van der Waals surface area contributed by atoms with Crippen molar-refractivity contribution in [3.8, 4) is 5.75 Å². The number of carbonyl (C=O) groups excluding carboxylic acids is 3. The van der Waals surface area contributed by atoms with Crippen molar-refractivity contribution >= 4 is 29.1 Å². The second-order valence-corrected chi connectivity index (χ2v) is 7.90. The number of Topliss-reactive ketones (excluding diaryl/α,β-unsaturated/α-hetero) is 1. The van der Waals surface area contributed by atoms with Crippen LogP contribution in [0.25, 0.3) is 5.76 Å². The highest BCUT2D eigenvalue weighted by Crippen LogP contribution is 2.43. The summed E-state index contributed by atoms with van der Waals surface area (Å²) in [6.07, 6.45) is 0. The van der Waals surface area contributed by atoms with Crippen molar-refractivity contribution in [2.75, 3.05) is 11.5 Å². The first kappa shape index (κ1) is 22.8. The van der Waals surface area contributed by atoms with E-state index in [2.05, 4.69) is 0 Å². The number of esters is 1. The van der Waals surface area contributed by atoms with E-state index in [0.29, 0.717) is 11.1 Å². The van der Waals surface area contributed by atoms with Crippen LogP contribution >= 0.6 is 0 Å². The van der Waals surface area contributed by atoms with Gasteiger partial charge >= 0.3 is 5.97 Å². The summed E-state index contributed by atoms with van der Waals surface area (Å²) in [5.74, 6) is -2.67. The van der Waals surface area contributed by atoms with Crippen LogP contribution in [-0.4, -0.2) is 34.5 Å². The summed E-state index contributed by atoms with van der Waals surface area (Å²) in [6.45, 7) is 3.77. The molecule has 1 saturated heterocycles. The smallest absolute Gasteiger partial charge is 0.338 e. The molecule has 7 heteroatoms. The first-order valence-electron chi connectivity index (χ1n) is 10.8. The summed E-state index contributed by atoms with van der Waals surface area (Å²) >= 11 is 0. The molecule has 0 saturated carbocycles. The molecule has 1 unspecified atom stereocenters. The number of carbonyl (C=O) groups is 3. The average molecular weight is 457 g/mol. The molecule has 34 heavy (non-hydrogen) atoms. The van der Waals surface area contributed by atoms with Crippen LogP contribution in [0.3, 0.4) is 0 Å². The minimum Gasteiger partial charge on any atom is -0.508 e. The monoisotopic (exact) mass is 457 g/mol. The molecule has 1 atom stereocenters. The molecule has 0 aromatic heterocycles. The fourth-order valence-electron chi connectivity index (χ4n) is 3.97. The number of phenols is 1. The van der Waals surface area contributed by atoms with E-state index < -0.39 is 23.7 Å². The number of aromatic hydroxyl groups is 1. The van der Waals surface area contributed by atoms with Crippen molar-refractivity contribution in [2.45, 2.75) is 19.9 Å². The number of ketones is 1. The third kappa shape index (κ3) is 4.15. The normalized spacial score (nSPS) is 17.1. The van der Waals surface area contributed by atoms with E-state index >= 15 is 0 Å². The van der Waals surface area contributed by atoms with E-state index in [-0.39, 0.29) is 34.9 Å². The molecule has 2 N–H and O–H groups in total. The number of ether oxygens (including phenoxy) is 1. The topological polar surface area (TPSA) is 104 Å². The number of aliphatic hydroxyl groups excluding tert-OH is 1. The lowest BCUT2D eigenvalue weighted by atomic mass is 9.94. The average Bonchev–Trinajstić information content (AvgIpc) is 3.10. The summed E-state index contributed by atoms with van der Waals surface area (Å²) in [5.41, 5.74) is 2.17. The number of nitrogens with zero attached hydrogens (tertiary/aromatic N) is 1. The van der Waals surface area contributed by atoms with Gasteiger partial charge in [-0.25, -0.2) is 4.79 Å². The Balaban J connectivity index is 1.91. The summed E-state index contributed by atoms with van der Waals surface area (Å²) < 4.78 is 5.06. The molecular weight excluding hydrogens is 434 g/mol. The molecule has 0 bridgehead atoms. The standard InChI is InChI=1S/C27H23NO6/c1-3-34-27(33)19-7-4-8-20(14-19)28-23(18-6-5-9-21(29)15-18)22(25(31)26(28)32)24(30)17-12-10-16(2)11-13-17/h4-15,23,29-30H,3H2,1-2H3/b24-22+. The number of anilines is 1. The van der Waals surface area contributed by atoms with E-state index in [1.165, 1.54) is 23.1 Å². The number of aryl methyl sites for hydroxylation is 1. The number of aliphatic hydroxyl groups is 1. The van der Waals surface area contributed by atoms with E-state index in [0.717, 1.165) is 5.56 Å². The van der Waals surface area contributed by atoms with Crippen LogP contribution in [0.15, 0.2) is 78.4 Å². The highest BCUT2D eigenvalue weighted by Gasteiger charge is 2.47. The number of benzene rings is 3. The number of hydrogen-bond acceptors (Lipinski definition) is 6. The van der Waals surface area contributed by atoms with Gasteiger partial charge in [-0.1, -0.05) is 48.0 Å². The van der Waals surface area contributed by atoms with Crippen LogP contribution in [0, 0.1) is 6.92 Å². The fraction of sp³-hybridized carbons (Fsp3) is 0.148. The lowest BCUT2D eigenvalue weighted by Gasteiger charge is -2.26. The zero-order valence-corrected chi connectivity index (χ0v) is 18.7. The third-order valence-electron chi connectivity index (χ3n) is 5.59.